The van der Waals surface area contributed by atoms with Gasteiger partial charge in [-0.1, -0.05) is 24.3 Å². The minimum Gasteiger partial charge on any atom is -0.381 e. The second kappa shape index (κ2) is 12.4. The zero-order chi connectivity index (χ0) is 22.4. The molecule has 3 heterocycles. The Bertz CT molecular complexity index is 799. The standard InChI is InChI=1S/C25H38N4O3.HI/c1-3-26-24(29-14-12-28(13-15-29)23(30)22-9-6-16-32-22)27-19-25(10-17-31-18-11-25)21-8-5-4-7-20(21)2;/h4-5,7-8,22H,3,6,9-19H2,1-2H3,(H,26,27);1H. The molecule has 0 radical (unpaired) electrons. The van der Waals surface area contributed by atoms with E-state index in [-0.39, 0.29) is 41.4 Å². The number of nitrogens with one attached hydrogen (secondary N) is 1. The zero-order valence-corrected chi connectivity index (χ0v) is 22.4. The molecule has 7 nitrogen and oxygen atoms in total. The lowest BCUT2D eigenvalue weighted by molar-refractivity contribution is -0.142. The molecule has 3 aliphatic rings. The van der Waals surface area contributed by atoms with Gasteiger partial charge in [0.2, 0.25) is 0 Å². The van der Waals surface area contributed by atoms with Gasteiger partial charge in [0, 0.05) is 58.0 Å². The second-order valence-electron chi connectivity index (χ2n) is 9.19. The van der Waals surface area contributed by atoms with Crippen molar-refractivity contribution in [3.8, 4) is 0 Å². The molecule has 4 rings (SSSR count). The summed E-state index contributed by atoms with van der Waals surface area (Å²) in [5, 5.41) is 3.49. The van der Waals surface area contributed by atoms with Crippen molar-refractivity contribution in [1.82, 2.24) is 15.1 Å². The molecule has 1 amide bonds. The highest BCUT2D eigenvalue weighted by Crippen LogP contribution is 2.37. The highest BCUT2D eigenvalue weighted by atomic mass is 127. The van der Waals surface area contributed by atoms with Crippen LogP contribution in [-0.2, 0) is 19.7 Å². The van der Waals surface area contributed by atoms with E-state index in [4.69, 9.17) is 14.5 Å². The number of hydrogen-bond acceptors (Lipinski definition) is 4. The summed E-state index contributed by atoms with van der Waals surface area (Å²) in [6.45, 7) is 11.2. The molecule has 1 aromatic carbocycles. The van der Waals surface area contributed by atoms with Crippen LogP contribution in [0.2, 0.25) is 0 Å². The van der Waals surface area contributed by atoms with Gasteiger partial charge in [0.1, 0.15) is 6.10 Å². The number of ether oxygens (including phenoxy) is 2. The third-order valence-electron chi connectivity index (χ3n) is 7.13. The summed E-state index contributed by atoms with van der Waals surface area (Å²) in [7, 11) is 0. The van der Waals surface area contributed by atoms with E-state index in [1.54, 1.807) is 0 Å². The monoisotopic (exact) mass is 570 g/mol. The maximum absolute atomic E-state index is 12.7. The first kappa shape index (κ1) is 26.2. The van der Waals surface area contributed by atoms with Gasteiger partial charge in [-0.15, -0.1) is 24.0 Å². The highest BCUT2D eigenvalue weighted by Gasteiger charge is 2.36. The second-order valence-corrected chi connectivity index (χ2v) is 9.19. The normalized spacial score (nSPS) is 23.2. The van der Waals surface area contributed by atoms with Crippen LogP contribution < -0.4 is 5.32 Å². The van der Waals surface area contributed by atoms with Crippen LogP contribution in [-0.4, -0.2) is 86.9 Å². The number of aryl methyl sites for hydroxylation is 1. The molecule has 8 heteroatoms. The molecular weight excluding hydrogens is 531 g/mol. The Morgan fingerprint density at radius 2 is 1.82 bits per heavy atom. The van der Waals surface area contributed by atoms with Crippen molar-refractivity contribution in [2.75, 3.05) is 59.1 Å². The predicted octanol–water partition coefficient (Wildman–Crippen LogP) is 2.95. The summed E-state index contributed by atoms with van der Waals surface area (Å²) >= 11 is 0. The molecule has 1 aromatic rings. The number of halogens is 1. The van der Waals surface area contributed by atoms with Crippen molar-refractivity contribution < 1.29 is 14.3 Å². The van der Waals surface area contributed by atoms with Gasteiger partial charge in [0.15, 0.2) is 5.96 Å². The van der Waals surface area contributed by atoms with Crippen molar-refractivity contribution >= 4 is 35.8 Å². The predicted molar refractivity (Wildman–Crippen MR) is 141 cm³/mol. The van der Waals surface area contributed by atoms with Crippen LogP contribution in [0, 0.1) is 6.92 Å². The molecule has 0 saturated carbocycles. The number of rotatable bonds is 5. The van der Waals surface area contributed by atoms with Gasteiger partial charge in [-0.3, -0.25) is 9.79 Å². The Balaban J connectivity index is 0.00000306. The van der Waals surface area contributed by atoms with E-state index >= 15 is 0 Å². The molecule has 184 valence electrons. The number of benzene rings is 1. The molecule has 3 aliphatic heterocycles. The topological polar surface area (TPSA) is 66.4 Å². The lowest BCUT2D eigenvalue weighted by Gasteiger charge is -2.39. The van der Waals surface area contributed by atoms with Crippen LogP contribution in [0.4, 0.5) is 0 Å². The van der Waals surface area contributed by atoms with E-state index in [0.717, 1.165) is 84.1 Å². The van der Waals surface area contributed by atoms with E-state index in [1.165, 1.54) is 11.1 Å². The maximum Gasteiger partial charge on any atom is 0.251 e. The van der Waals surface area contributed by atoms with Crippen LogP contribution in [0.15, 0.2) is 29.3 Å². The van der Waals surface area contributed by atoms with Crippen molar-refractivity contribution in [3.05, 3.63) is 35.4 Å². The Morgan fingerprint density at radius 1 is 1.12 bits per heavy atom. The van der Waals surface area contributed by atoms with Crippen molar-refractivity contribution in [2.24, 2.45) is 4.99 Å². The first-order valence-electron chi connectivity index (χ1n) is 12.2. The number of nitrogens with zero attached hydrogens (tertiary/aromatic N) is 3. The average Bonchev–Trinajstić information content (AvgIpc) is 3.37. The fourth-order valence-corrected chi connectivity index (χ4v) is 5.21. The molecule has 3 fully saturated rings. The van der Waals surface area contributed by atoms with E-state index in [1.807, 2.05) is 4.90 Å². The zero-order valence-electron chi connectivity index (χ0n) is 20.1. The van der Waals surface area contributed by atoms with E-state index < -0.39 is 0 Å². The van der Waals surface area contributed by atoms with Gasteiger partial charge in [-0.2, -0.15) is 0 Å². The number of carbonyl (C=O) groups excluding carboxylic acids is 1. The summed E-state index contributed by atoms with van der Waals surface area (Å²) in [4.78, 5) is 22.1. The quantitative estimate of drug-likeness (QED) is 0.335. The fraction of sp³-hybridized carbons (Fsp3) is 0.680. The lowest BCUT2D eigenvalue weighted by Crippen LogP contribution is -2.55. The fourth-order valence-electron chi connectivity index (χ4n) is 5.21. The van der Waals surface area contributed by atoms with Crippen LogP contribution in [0.25, 0.3) is 0 Å². The van der Waals surface area contributed by atoms with Gasteiger partial charge in [-0.05, 0) is 50.7 Å². The molecule has 1 atom stereocenters. The molecular formula is C25H39IN4O3. The van der Waals surface area contributed by atoms with Crippen molar-refractivity contribution in [2.45, 2.75) is 51.0 Å². The highest BCUT2D eigenvalue weighted by molar-refractivity contribution is 14.0. The van der Waals surface area contributed by atoms with Gasteiger partial charge in [-0.25, -0.2) is 0 Å². The maximum atomic E-state index is 12.7. The lowest BCUT2D eigenvalue weighted by atomic mass is 9.72. The van der Waals surface area contributed by atoms with Crippen molar-refractivity contribution in [3.63, 3.8) is 0 Å². The number of guanidine groups is 1. The number of aliphatic imine (C=N–C) groups is 1. The molecule has 0 aliphatic carbocycles. The Labute approximate surface area is 215 Å². The molecule has 3 saturated heterocycles. The molecule has 33 heavy (non-hydrogen) atoms. The van der Waals surface area contributed by atoms with Crippen LogP contribution in [0.5, 0.6) is 0 Å². The summed E-state index contributed by atoms with van der Waals surface area (Å²) < 4.78 is 11.3. The molecule has 0 spiro atoms. The third-order valence-corrected chi connectivity index (χ3v) is 7.13. The van der Waals surface area contributed by atoms with E-state index in [2.05, 4.69) is 48.3 Å². The number of piperazine rings is 1. The molecule has 1 unspecified atom stereocenters. The van der Waals surface area contributed by atoms with Gasteiger partial charge in [0.05, 0.1) is 6.54 Å². The first-order chi connectivity index (χ1) is 15.6. The summed E-state index contributed by atoms with van der Waals surface area (Å²) in [5.41, 5.74) is 2.74. The first-order valence-corrected chi connectivity index (χ1v) is 12.2. The minimum atomic E-state index is -0.231. The average molecular weight is 571 g/mol. The Morgan fingerprint density at radius 3 is 2.45 bits per heavy atom. The molecule has 1 N–H and O–H groups in total. The molecule has 0 bridgehead atoms. The summed E-state index contributed by atoms with van der Waals surface area (Å²) in [5.74, 6) is 1.11. The summed E-state index contributed by atoms with van der Waals surface area (Å²) in [6, 6.07) is 8.71. The van der Waals surface area contributed by atoms with Gasteiger partial charge >= 0.3 is 0 Å². The van der Waals surface area contributed by atoms with Crippen LogP contribution >= 0.6 is 24.0 Å². The number of amides is 1. The van der Waals surface area contributed by atoms with Crippen LogP contribution in [0.3, 0.4) is 0 Å². The van der Waals surface area contributed by atoms with Gasteiger partial charge in [0.25, 0.3) is 5.91 Å². The number of carbonyl (C=O) groups is 1. The summed E-state index contributed by atoms with van der Waals surface area (Å²) in [6.07, 6.45) is 3.59. The largest absolute Gasteiger partial charge is 0.381 e. The Hall–Kier alpha value is -1.39. The molecule has 0 aromatic heterocycles. The van der Waals surface area contributed by atoms with E-state index in [9.17, 15) is 4.79 Å². The van der Waals surface area contributed by atoms with Gasteiger partial charge < -0.3 is 24.6 Å². The van der Waals surface area contributed by atoms with E-state index in [0.29, 0.717) is 6.61 Å². The Kier molecular flexibility index (Phi) is 9.81. The van der Waals surface area contributed by atoms with Crippen molar-refractivity contribution in [1.29, 1.82) is 0 Å². The third kappa shape index (κ3) is 6.19. The minimum absolute atomic E-state index is 0. The number of hydrogen-bond donors (Lipinski definition) is 1. The van der Waals surface area contributed by atoms with Crippen LogP contribution in [0.1, 0.15) is 43.7 Å². The smallest absolute Gasteiger partial charge is 0.251 e. The SMILES string of the molecule is CCNC(=NCC1(c2ccccc2C)CCOCC1)N1CCN(C(=O)C2CCCO2)CC1.I.